The summed E-state index contributed by atoms with van der Waals surface area (Å²) >= 11 is 0. The number of fused-ring (bicyclic) bond motifs is 2. The first-order chi connectivity index (χ1) is 18.5. The van der Waals surface area contributed by atoms with E-state index in [-0.39, 0.29) is 5.41 Å². The van der Waals surface area contributed by atoms with Crippen molar-refractivity contribution in [2.45, 2.75) is 26.2 Å². The van der Waals surface area contributed by atoms with Gasteiger partial charge in [-0.15, -0.1) is 0 Å². The van der Waals surface area contributed by atoms with E-state index in [2.05, 4.69) is 112 Å². The number of rotatable bonds is 5. The van der Waals surface area contributed by atoms with E-state index < -0.39 is 0 Å². The van der Waals surface area contributed by atoms with E-state index in [4.69, 9.17) is 9.97 Å². The lowest BCUT2D eigenvalue weighted by molar-refractivity contribution is 0.654. The van der Waals surface area contributed by atoms with Gasteiger partial charge in [-0.25, -0.2) is 9.97 Å². The molecular formula is C36H30N2. The number of hydrogen-bond donors (Lipinski definition) is 0. The molecule has 184 valence electrons. The molecule has 38 heavy (non-hydrogen) atoms. The molecule has 0 amide bonds. The third-order valence-corrected chi connectivity index (χ3v) is 7.66. The molecule has 0 saturated heterocycles. The second-order valence-corrected chi connectivity index (χ2v) is 10.2. The topological polar surface area (TPSA) is 25.8 Å². The lowest BCUT2D eigenvalue weighted by Crippen LogP contribution is -2.15. The van der Waals surface area contributed by atoms with E-state index >= 15 is 0 Å². The van der Waals surface area contributed by atoms with Gasteiger partial charge in [-0.05, 0) is 52.5 Å². The number of benzene rings is 4. The fourth-order valence-corrected chi connectivity index (χ4v) is 5.78. The summed E-state index contributed by atoms with van der Waals surface area (Å²) in [5.74, 6) is 0.731. The normalized spacial score (nSPS) is 14.6. The highest BCUT2D eigenvalue weighted by molar-refractivity contribution is 6.11. The van der Waals surface area contributed by atoms with Crippen LogP contribution in [0, 0.1) is 0 Å². The molecule has 2 nitrogen and oxygen atoms in total. The van der Waals surface area contributed by atoms with Crippen molar-refractivity contribution >= 4 is 22.0 Å². The Bertz CT molecular complexity index is 1740. The van der Waals surface area contributed by atoms with Crippen LogP contribution >= 0.6 is 0 Å². The molecule has 0 unspecified atom stereocenters. The standard InChI is InChI=1S/C36H30N2/c1-5-27(33-28-19-13-14-20-31(28)36(3,4)30(33)6-2)26-21-22-29-32(23-26)37-35(25-17-11-8-12-18-25)38-34(29)24-15-9-7-10-16-24/h5-23H,2H2,1,3-4H3/b27-5-. The first-order valence-electron chi connectivity index (χ1n) is 13.1. The highest BCUT2D eigenvalue weighted by Gasteiger charge is 2.37. The third kappa shape index (κ3) is 3.81. The van der Waals surface area contributed by atoms with Gasteiger partial charge in [0.2, 0.25) is 0 Å². The summed E-state index contributed by atoms with van der Waals surface area (Å²) in [6, 6.07) is 35.9. The minimum Gasteiger partial charge on any atom is -0.228 e. The van der Waals surface area contributed by atoms with Gasteiger partial charge in [-0.2, -0.15) is 0 Å². The molecule has 6 rings (SSSR count). The number of aromatic nitrogens is 2. The summed E-state index contributed by atoms with van der Waals surface area (Å²) in [6.07, 6.45) is 4.25. The minimum atomic E-state index is -0.109. The third-order valence-electron chi connectivity index (χ3n) is 7.66. The van der Waals surface area contributed by atoms with E-state index in [9.17, 15) is 0 Å². The summed E-state index contributed by atoms with van der Waals surface area (Å²) < 4.78 is 0. The lowest BCUT2D eigenvalue weighted by atomic mass is 9.81. The fraction of sp³-hybridized carbons (Fsp3) is 0.111. The van der Waals surface area contributed by atoms with Gasteiger partial charge < -0.3 is 0 Å². The first-order valence-corrected chi connectivity index (χ1v) is 13.1. The molecule has 5 aromatic rings. The van der Waals surface area contributed by atoms with Gasteiger partial charge in [0, 0.05) is 21.9 Å². The van der Waals surface area contributed by atoms with Crippen molar-refractivity contribution < 1.29 is 0 Å². The Labute approximate surface area is 224 Å². The number of nitrogens with zero attached hydrogens (tertiary/aromatic N) is 2. The Morgan fingerprint density at radius 2 is 1.42 bits per heavy atom. The van der Waals surface area contributed by atoms with Gasteiger partial charge in [0.05, 0.1) is 11.2 Å². The molecule has 1 aliphatic carbocycles. The molecular weight excluding hydrogens is 460 g/mol. The molecule has 0 fully saturated rings. The van der Waals surface area contributed by atoms with E-state index in [0.29, 0.717) is 0 Å². The van der Waals surface area contributed by atoms with Gasteiger partial charge in [0.25, 0.3) is 0 Å². The number of hydrogen-bond acceptors (Lipinski definition) is 2. The van der Waals surface area contributed by atoms with Crippen LogP contribution in [0.5, 0.6) is 0 Å². The molecule has 1 aromatic heterocycles. The monoisotopic (exact) mass is 490 g/mol. The maximum Gasteiger partial charge on any atom is 0.160 e. The van der Waals surface area contributed by atoms with Gasteiger partial charge >= 0.3 is 0 Å². The molecule has 0 radical (unpaired) electrons. The van der Waals surface area contributed by atoms with E-state index in [1.807, 2.05) is 30.3 Å². The van der Waals surface area contributed by atoms with Crippen molar-refractivity contribution in [3.05, 3.63) is 144 Å². The van der Waals surface area contributed by atoms with Crippen molar-refractivity contribution in [1.82, 2.24) is 9.97 Å². The largest absolute Gasteiger partial charge is 0.228 e. The average molecular weight is 491 g/mol. The van der Waals surface area contributed by atoms with Crippen molar-refractivity contribution in [3.8, 4) is 22.6 Å². The molecule has 0 atom stereocenters. The average Bonchev–Trinajstić information content (AvgIpc) is 3.19. The van der Waals surface area contributed by atoms with Crippen molar-refractivity contribution in [2.75, 3.05) is 0 Å². The van der Waals surface area contributed by atoms with Crippen molar-refractivity contribution in [1.29, 1.82) is 0 Å². The van der Waals surface area contributed by atoms with Crippen LogP contribution < -0.4 is 0 Å². The Hall–Kier alpha value is -4.56. The highest BCUT2D eigenvalue weighted by Crippen LogP contribution is 2.51. The van der Waals surface area contributed by atoms with E-state index in [1.54, 1.807) is 0 Å². The summed E-state index contributed by atoms with van der Waals surface area (Å²) in [5.41, 5.74) is 11.3. The quantitative estimate of drug-likeness (QED) is 0.245. The van der Waals surface area contributed by atoms with Crippen LogP contribution in [-0.2, 0) is 5.41 Å². The second-order valence-electron chi connectivity index (χ2n) is 10.2. The molecule has 0 N–H and O–H groups in total. The molecule has 0 spiro atoms. The van der Waals surface area contributed by atoms with Crippen molar-refractivity contribution in [2.24, 2.45) is 0 Å². The summed E-state index contributed by atoms with van der Waals surface area (Å²) in [4.78, 5) is 10.1. The van der Waals surface area contributed by atoms with Crippen LogP contribution in [0.3, 0.4) is 0 Å². The molecule has 0 aliphatic heterocycles. The van der Waals surface area contributed by atoms with Crippen LogP contribution in [0.25, 0.3) is 44.7 Å². The zero-order valence-corrected chi connectivity index (χ0v) is 22.1. The second kappa shape index (κ2) is 9.39. The zero-order chi connectivity index (χ0) is 26.3. The Kier molecular flexibility index (Phi) is 5.88. The predicted molar refractivity (Wildman–Crippen MR) is 161 cm³/mol. The van der Waals surface area contributed by atoms with Gasteiger partial charge in [-0.3, -0.25) is 0 Å². The van der Waals surface area contributed by atoms with Gasteiger partial charge in [0.15, 0.2) is 5.82 Å². The zero-order valence-electron chi connectivity index (χ0n) is 22.1. The maximum absolute atomic E-state index is 5.07. The summed E-state index contributed by atoms with van der Waals surface area (Å²) in [5, 5.41) is 1.04. The van der Waals surface area contributed by atoms with Gasteiger partial charge in [0.1, 0.15) is 0 Å². The Morgan fingerprint density at radius 1 is 0.763 bits per heavy atom. The predicted octanol–water partition coefficient (Wildman–Crippen LogP) is 9.30. The van der Waals surface area contributed by atoms with Crippen LogP contribution in [0.1, 0.15) is 37.5 Å². The van der Waals surface area contributed by atoms with Crippen molar-refractivity contribution in [3.63, 3.8) is 0 Å². The first kappa shape index (κ1) is 23.8. The van der Waals surface area contributed by atoms with E-state index in [1.165, 1.54) is 27.8 Å². The van der Waals surface area contributed by atoms with Crippen LogP contribution in [0.4, 0.5) is 0 Å². The molecule has 1 aliphatic rings. The fourth-order valence-electron chi connectivity index (χ4n) is 5.78. The lowest BCUT2D eigenvalue weighted by Gasteiger charge is -2.22. The molecule has 4 aromatic carbocycles. The molecule has 0 bridgehead atoms. The Morgan fingerprint density at radius 3 is 2.11 bits per heavy atom. The van der Waals surface area contributed by atoms with E-state index in [0.717, 1.165) is 39.1 Å². The Balaban J connectivity index is 1.58. The highest BCUT2D eigenvalue weighted by atomic mass is 14.9. The molecule has 1 heterocycles. The maximum atomic E-state index is 5.07. The molecule has 2 heteroatoms. The SMILES string of the molecule is C=CC1=C(/C(=C\C)c2ccc3c(-c4ccccc4)nc(-c4ccccc4)nc3c2)c2ccccc2C1(C)C. The van der Waals surface area contributed by atoms with Crippen LogP contribution in [-0.4, -0.2) is 9.97 Å². The van der Waals surface area contributed by atoms with Crippen LogP contribution in [0.15, 0.2) is 127 Å². The summed E-state index contributed by atoms with van der Waals surface area (Å²) in [7, 11) is 0. The van der Waals surface area contributed by atoms with Gasteiger partial charge in [-0.1, -0.05) is 124 Å². The van der Waals surface area contributed by atoms with Crippen LogP contribution in [0.2, 0.25) is 0 Å². The summed E-state index contributed by atoms with van der Waals surface area (Å²) in [6.45, 7) is 10.9. The molecule has 0 saturated carbocycles. The minimum absolute atomic E-state index is 0.109. The smallest absolute Gasteiger partial charge is 0.160 e. The number of allylic oxidation sites excluding steroid dienone is 5.